The normalized spacial score (nSPS) is 12.8. The Labute approximate surface area is 120 Å². The molecule has 19 heavy (non-hydrogen) atoms. The third-order valence-electron chi connectivity index (χ3n) is 2.50. The summed E-state index contributed by atoms with van der Waals surface area (Å²) < 4.78 is 27.2. The summed E-state index contributed by atoms with van der Waals surface area (Å²) >= 11 is 1.48. The second-order valence-corrected chi connectivity index (χ2v) is 8.51. The third-order valence-corrected chi connectivity index (χ3v) is 5.03. The van der Waals surface area contributed by atoms with Gasteiger partial charge in [-0.2, -0.15) is 0 Å². The van der Waals surface area contributed by atoms with Crippen LogP contribution < -0.4 is 10.0 Å². The van der Waals surface area contributed by atoms with Gasteiger partial charge in [-0.3, -0.25) is 0 Å². The molecule has 1 heterocycles. The maximum atomic E-state index is 12.3. The van der Waals surface area contributed by atoms with Crippen LogP contribution >= 0.6 is 11.3 Å². The lowest BCUT2D eigenvalue weighted by atomic mass is 9.98. The first kappa shape index (κ1) is 16.6. The van der Waals surface area contributed by atoms with E-state index in [1.165, 1.54) is 11.3 Å². The molecule has 2 N–H and O–H groups in total. The fourth-order valence-corrected chi connectivity index (χ4v) is 4.16. The molecule has 1 aromatic rings. The zero-order chi connectivity index (χ0) is 14.5. The fourth-order valence-electron chi connectivity index (χ4n) is 1.47. The fraction of sp³-hybridized carbons (Fsp3) is 0.692. The minimum Gasteiger partial charge on any atom is -0.312 e. The van der Waals surface area contributed by atoms with Crippen molar-refractivity contribution in [2.75, 3.05) is 13.1 Å². The molecule has 0 radical (unpaired) electrons. The molecule has 1 aromatic heterocycles. The van der Waals surface area contributed by atoms with Crippen LogP contribution in [0, 0.1) is 5.41 Å². The van der Waals surface area contributed by atoms with E-state index in [4.69, 9.17) is 0 Å². The van der Waals surface area contributed by atoms with E-state index in [1.807, 2.05) is 26.2 Å². The molecular formula is C13H24N2O2S2. The highest BCUT2D eigenvalue weighted by molar-refractivity contribution is 7.89. The minimum absolute atomic E-state index is 0.0658. The summed E-state index contributed by atoms with van der Waals surface area (Å²) in [6.45, 7) is 10.0. The Kier molecular flexibility index (Phi) is 5.98. The number of hydrogen-bond acceptors (Lipinski definition) is 4. The Hall–Kier alpha value is -0.430. The van der Waals surface area contributed by atoms with Crippen molar-refractivity contribution in [1.82, 2.24) is 10.0 Å². The van der Waals surface area contributed by atoms with Gasteiger partial charge in [0.1, 0.15) is 0 Å². The Morgan fingerprint density at radius 2 is 2.00 bits per heavy atom. The molecule has 0 aliphatic rings. The van der Waals surface area contributed by atoms with E-state index in [2.05, 4.69) is 17.0 Å². The van der Waals surface area contributed by atoms with Gasteiger partial charge in [0.15, 0.2) is 0 Å². The van der Waals surface area contributed by atoms with Gasteiger partial charge in [-0.05, 0) is 29.8 Å². The van der Waals surface area contributed by atoms with Gasteiger partial charge in [-0.25, -0.2) is 13.1 Å². The first-order valence-corrected chi connectivity index (χ1v) is 8.89. The first-order valence-electron chi connectivity index (χ1n) is 6.53. The topological polar surface area (TPSA) is 58.2 Å². The Balaban J connectivity index is 2.75. The molecule has 1 rings (SSSR count). The molecule has 0 saturated carbocycles. The number of rotatable bonds is 7. The molecule has 0 atom stereocenters. The molecule has 0 bridgehead atoms. The van der Waals surface area contributed by atoms with E-state index >= 15 is 0 Å². The van der Waals surface area contributed by atoms with Crippen molar-refractivity contribution in [1.29, 1.82) is 0 Å². The van der Waals surface area contributed by atoms with Gasteiger partial charge in [0.2, 0.25) is 10.0 Å². The van der Waals surface area contributed by atoms with Gasteiger partial charge in [0.05, 0.1) is 4.90 Å². The number of hydrogen-bond donors (Lipinski definition) is 2. The molecule has 110 valence electrons. The predicted octanol–water partition coefficient (Wildman–Crippen LogP) is 2.57. The quantitative estimate of drug-likeness (QED) is 0.761. The largest absolute Gasteiger partial charge is 0.312 e. The zero-order valence-electron chi connectivity index (χ0n) is 12.1. The Morgan fingerprint density at radius 3 is 2.58 bits per heavy atom. The van der Waals surface area contributed by atoms with Crippen molar-refractivity contribution < 1.29 is 8.42 Å². The lowest BCUT2D eigenvalue weighted by molar-refractivity contribution is 0.407. The monoisotopic (exact) mass is 304 g/mol. The second-order valence-electron chi connectivity index (χ2n) is 5.77. The van der Waals surface area contributed by atoms with Crippen LogP contribution in [0.25, 0.3) is 0 Å². The van der Waals surface area contributed by atoms with E-state index in [0.29, 0.717) is 18.0 Å². The molecule has 4 nitrogen and oxygen atoms in total. The highest BCUT2D eigenvalue weighted by Crippen LogP contribution is 2.22. The van der Waals surface area contributed by atoms with E-state index < -0.39 is 10.0 Å². The molecule has 0 saturated heterocycles. The average molecular weight is 304 g/mol. The maximum Gasteiger partial charge on any atom is 0.241 e. The summed E-state index contributed by atoms with van der Waals surface area (Å²) in [5, 5.41) is 5.07. The molecule has 6 heteroatoms. The van der Waals surface area contributed by atoms with Crippen LogP contribution in [0.1, 0.15) is 39.0 Å². The van der Waals surface area contributed by atoms with Crippen molar-refractivity contribution in [2.24, 2.45) is 5.41 Å². The molecular weight excluding hydrogens is 280 g/mol. The summed E-state index contributed by atoms with van der Waals surface area (Å²) in [4.78, 5) is 1.28. The third kappa shape index (κ3) is 5.60. The van der Waals surface area contributed by atoms with Gasteiger partial charge >= 0.3 is 0 Å². The summed E-state index contributed by atoms with van der Waals surface area (Å²) in [6.07, 6.45) is 1.04. The number of thiophene rings is 1. The van der Waals surface area contributed by atoms with Crippen molar-refractivity contribution >= 4 is 21.4 Å². The molecule has 0 unspecified atom stereocenters. The Morgan fingerprint density at radius 1 is 1.32 bits per heavy atom. The minimum atomic E-state index is -3.40. The summed E-state index contributed by atoms with van der Waals surface area (Å²) in [6, 6.07) is 1.68. The van der Waals surface area contributed by atoms with Crippen LogP contribution in [-0.2, 0) is 16.6 Å². The van der Waals surface area contributed by atoms with E-state index in [-0.39, 0.29) is 5.41 Å². The van der Waals surface area contributed by atoms with Gasteiger partial charge in [0.25, 0.3) is 0 Å². The number of nitrogens with one attached hydrogen (secondary N) is 2. The summed E-state index contributed by atoms with van der Waals surface area (Å²) in [5.41, 5.74) is -0.0658. The van der Waals surface area contributed by atoms with Crippen molar-refractivity contribution in [3.8, 4) is 0 Å². The molecule has 0 spiro atoms. The lowest BCUT2D eigenvalue weighted by Gasteiger charge is -2.18. The molecule has 0 fully saturated rings. The predicted molar refractivity (Wildman–Crippen MR) is 81.0 cm³/mol. The highest BCUT2D eigenvalue weighted by atomic mass is 32.2. The average Bonchev–Trinajstić information content (AvgIpc) is 2.75. The molecule has 0 amide bonds. The maximum absolute atomic E-state index is 12.3. The van der Waals surface area contributed by atoms with Crippen LogP contribution in [0.15, 0.2) is 16.3 Å². The van der Waals surface area contributed by atoms with E-state index in [9.17, 15) is 8.42 Å². The highest BCUT2D eigenvalue weighted by Gasteiger charge is 2.21. The van der Waals surface area contributed by atoms with Gasteiger partial charge in [0, 0.05) is 18.0 Å². The van der Waals surface area contributed by atoms with E-state index in [1.54, 1.807) is 6.07 Å². The van der Waals surface area contributed by atoms with Crippen LogP contribution in [0.3, 0.4) is 0 Å². The van der Waals surface area contributed by atoms with Crippen molar-refractivity contribution in [3.63, 3.8) is 0 Å². The van der Waals surface area contributed by atoms with Gasteiger partial charge < -0.3 is 5.32 Å². The summed E-state index contributed by atoms with van der Waals surface area (Å²) in [7, 11) is -3.40. The summed E-state index contributed by atoms with van der Waals surface area (Å²) in [5.74, 6) is 0. The molecule has 0 aliphatic heterocycles. The molecule has 0 aliphatic carbocycles. The van der Waals surface area contributed by atoms with Crippen molar-refractivity contribution in [2.45, 2.75) is 45.6 Å². The van der Waals surface area contributed by atoms with E-state index in [0.717, 1.165) is 17.8 Å². The van der Waals surface area contributed by atoms with Crippen LogP contribution in [0.4, 0.5) is 0 Å². The van der Waals surface area contributed by atoms with Gasteiger partial charge in [-0.1, -0.05) is 27.7 Å². The van der Waals surface area contributed by atoms with Crippen molar-refractivity contribution in [3.05, 3.63) is 16.3 Å². The SMILES string of the molecule is CCCNCc1sccc1S(=O)(=O)NCC(C)(C)C. The lowest BCUT2D eigenvalue weighted by Crippen LogP contribution is -2.32. The smallest absolute Gasteiger partial charge is 0.241 e. The molecule has 0 aromatic carbocycles. The Bertz CT molecular complexity index is 487. The van der Waals surface area contributed by atoms with Gasteiger partial charge in [-0.15, -0.1) is 11.3 Å². The van der Waals surface area contributed by atoms with Crippen LogP contribution in [0.5, 0.6) is 0 Å². The second kappa shape index (κ2) is 6.83. The first-order chi connectivity index (χ1) is 8.76. The van der Waals surface area contributed by atoms with Crippen LogP contribution in [-0.4, -0.2) is 21.5 Å². The standard InChI is InChI=1S/C13H24N2O2S2/c1-5-7-14-9-11-12(6-8-18-11)19(16,17)15-10-13(2,3)4/h6,8,14-15H,5,7,9-10H2,1-4H3. The number of sulfonamides is 1. The zero-order valence-corrected chi connectivity index (χ0v) is 13.7. The van der Waals surface area contributed by atoms with Crippen LogP contribution in [0.2, 0.25) is 0 Å².